The maximum absolute atomic E-state index is 13.4. The van der Waals surface area contributed by atoms with Gasteiger partial charge in [0.25, 0.3) is 0 Å². The number of anilines is 1. The van der Waals surface area contributed by atoms with Gasteiger partial charge in [-0.3, -0.25) is 4.79 Å². The first-order valence-corrected chi connectivity index (χ1v) is 10.8. The van der Waals surface area contributed by atoms with E-state index in [0.29, 0.717) is 19.6 Å². The highest BCUT2D eigenvalue weighted by molar-refractivity contribution is 6.03. The summed E-state index contributed by atoms with van der Waals surface area (Å²) >= 11 is 0. The molecular formula is C28H25NO2. The standard InChI is InChI=1S/C28H25NO2/c1-2-31-26-15-9-8-14-23(26)24-18-27(30)29(19-20-10-4-3-5-11-20)25-17-16-21-12-6-7-13-22(21)28(24)25/h3-17,24H,2,18-19H2,1H3. The zero-order valence-corrected chi connectivity index (χ0v) is 17.6. The Morgan fingerprint density at radius 2 is 1.61 bits per heavy atom. The second kappa shape index (κ2) is 8.27. The van der Waals surface area contributed by atoms with Crippen LogP contribution in [0.4, 0.5) is 5.69 Å². The van der Waals surface area contributed by atoms with Crippen LogP contribution < -0.4 is 9.64 Å². The van der Waals surface area contributed by atoms with Crippen molar-refractivity contribution in [3.8, 4) is 5.75 Å². The van der Waals surface area contributed by atoms with Gasteiger partial charge in [0.15, 0.2) is 0 Å². The van der Waals surface area contributed by atoms with Gasteiger partial charge in [-0.1, -0.05) is 78.9 Å². The van der Waals surface area contributed by atoms with E-state index in [1.807, 2.05) is 48.2 Å². The van der Waals surface area contributed by atoms with Crippen molar-refractivity contribution in [1.29, 1.82) is 0 Å². The summed E-state index contributed by atoms with van der Waals surface area (Å²) in [7, 11) is 0. The van der Waals surface area contributed by atoms with Gasteiger partial charge in [-0.15, -0.1) is 0 Å². The number of amides is 1. The molecule has 1 atom stereocenters. The summed E-state index contributed by atoms with van der Waals surface area (Å²) in [5, 5.41) is 2.39. The fourth-order valence-corrected chi connectivity index (χ4v) is 4.67. The van der Waals surface area contributed by atoms with Crippen LogP contribution in [0.25, 0.3) is 10.8 Å². The fraction of sp³-hybridized carbons (Fsp3) is 0.179. The van der Waals surface area contributed by atoms with E-state index >= 15 is 0 Å². The molecule has 0 aromatic heterocycles. The van der Waals surface area contributed by atoms with Gasteiger partial charge < -0.3 is 9.64 Å². The van der Waals surface area contributed by atoms with Gasteiger partial charge in [0.2, 0.25) is 5.91 Å². The van der Waals surface area contributed by atoms with Crippen LogP contribution in [0.15, 0.2) is 91.0 Å². The predicted octanol–water partition coefficient (Wildman–Crippen LogP) is 6.31. The van der Waals surface area contributed by atoms with Crippen molar-refractivity contribution in [2.45, 2.75) is 25.8 Å². The molecule has 0 saturated carbocycles. The highest BCUT2D eigenvalue weighted by Crippen LogP contribution is 2.46. The third kappa shape index (κ3) is 3.57. The van der Waals surface area contributed by atoms with E-state index in [9.17, 15) is 4.79 Å². The minimum absolute atomic E-state index is 0.0385. The number of para-hydroxylation sites is 1. The molecule has 0 spiro atoms. The van der Waals surface area contributed by atoms with Crippen LogP contribution in [0, 0.1) is 0 Å². The van der Waals surface area contributed by atoms with E-state index in [4.69, 9.17) is 4.74 Å². The molecule has 1 aliphatic heterocycles. The van der Waals surface area contributed by atoms with Crippen LogP contribution >= 0.6 is 0 Å². The SMILES string of the molecule is CCOc1ccccc1C1CC(=O)N(Cc2ccccc2)c2ccc3ccccc3c21. The Labute approximate surface area is 182 Å². The van der Waals surface area contributed by atoms with Gasteiger partial charge in [0, 0.05) is 23.6 Å². The molecule has 3 heteroatoms. The highest BCUT2D eigenvalue weighted by atomic mass is 16.5. The summed E-state index contributed by atoms with van der Waals surface area (Å²) in [5.41, 5.74) is 4.41. The summed E-state index contributed by atoms with van der Waals surface area (Å²) < 4.78 is 5.95. The normalized spacial score (nSPS) is 15.7. The number of ether oxygens (including phenoxy) is 1. The van der Waals surface area contributed by atoms with Crippen LogP contribution in [0.1, 0.15) is 36.0 Å². The second-order valence-electron chi connectivity index (χ2n) is 7.91. The zero-order valence-electron chi connectivity index (χ0n) is 17.6. The number of carbonyl (C=O) groups excluding carboxylic acids is 1. The molecule has 0 saturated heterocycles. The van der Waals surface area contributed by atoms with E-state index < -0.39 is 0 Å². The van der Waals surface area contributed by atoms with Crippen molar-refractivity contribution in [2.75, 3.05) is 11.5 Å². The molecule has 3 nitrogen and oxygen atoms in total. The van der Waals surface area contributed by atoms with Gasteiger partial charge in [-0.2, -0.15) is 0 Å². The summed E-state index contributed by atoms with van der Waals surface area (Å²) in [6.07, 6.45) is 0.429. The first kappa shape index (κ1) is 19.4. The van der Waals surface area contributed by atoms with Crippen LogP contribution in [-0.2, 0) is 11.3 Å². The lowest BCUT2D eigenvalue weighted by Crippen LogP contribution is -2.36. The van der Waals surface area contributed by atoms with Crippen molar-refractivity contribution in [1.82, 2.24) is 0 Å². The van der Waals surface area contributed by atoms with Crippen molar-refractivity contribution in [3.63, 3.8) is 0 Å². The third-order valence-electron chi connectivity index (χ3n) is 6.04. The lowest BCUT2D eigenvalue weighted by molar-refractivity contribution is -0.119. The van der Waals surface area contributed by atoms with Crippen LogP contribution in [0.3, 0.4) is 0 Å². The van der Waals surface area contributed by atoms with Crippen molar-refractivity contribution in [2.24, 2.45) is 0 Å². The molecule has 154 valence electrons. The quantitative estimate of drug-likeness (QED) is 0.388. The Hall–Kier alpha value is -3.59. The third-order valence-corrected chi connectivity index (χ3v) is 6.04. The summed E-state index contributed by atoms with van der Waals surface area (Å²) in [6, 6.07) is 31.0. The van der Waals surface area contributed by atoms with Gasteiger partial charge in [0.05, 0.1) is 13.2 Å². The number of hydrogen-bond donors (Lipinski definition) is 0. The Kier molecular flexibility index (Phi) is 5.17. The Bertz CT molecular complexity index is 1230. The molecule has 0 bridgehead atoms. The van der Waals surface area contributed by atoms with Crippen molar-refractivity contribution >= 4 is 22.4 Å². The summed E-state index contributed by atoms with van der Waals surface area (Å²) in [5.74, 6) is 0.963. The largest absolute Gasteiger partial charge is 0.494 e. The Morgan fingerprint density at radius 1 is 0.871 bits per heavy atom. The Balaban J connectivity index is 1.70. The molecule has 5 rings (SSSR count). The number of carbonyl (C=O) groups is 1. The average Bonchev–Trinajstić information content (AvgIpc) is 2.81. The first-order chi connectivity index (χ1) is 15.3. The highest BCUT2D eigenvalue weighted by Gasteiger charge is 2.34. The maximum Gasteiger partial charge on any atom is 0.228 e. The number of fused-ring (bicyclic) bond motifs is 3. The zero-order chi connectivity index (χ0) is 21.2. The molecule has 4 aromatic carbocycles. The monoisotopic (exact) mass is 407 g/mol. The second-order valence-corrected chi connectivity index (χ2v) is 7.91. The molecule has 1 heterocycles. The minimum atomic E-state index is -0.0385. The molecular weight excluding hydrogens is 382 g/mol. The molecule has 4 aromatic rings. The van der Waals surface area contributed by atoms with Crippen LogP contribution in [0.2, 0.25) is 0 Å². The number of nitrogens with zero attached hydrogens (tertiary/aromatic N) is 1. The molecule has 0 radical (unpaired) electrons. The number of benzene rings is 4. The summed E-state index contributed by atoms with van der Waals surface area (Å²) in [6.45, 7) is 3.17. The topological polar surface area (TPSA) is 29.5 Å². The number of hydrogen-bond acceptors (Lipinski definition) is 2. The van der Waals surface area contributed by atoms with Gasteiger partial charge >= 0.3 is 0 Å². The van der Waals surface area contributed by atoms with E-state index in [0.717, 1.165) is 22.6 Å². The predicted molar refractivity (Wildman–Crippen MR) is 126 cm³/mol. The first-order valence-electron chi connectivity index (χ1n) is 10.8. The molecule has 1 aliphatic rings. The molecule has 0 aliphatic carbocycles. The van der Waals surface area contributed by atoms with E-state index in [2.05, 4.69) is 54.6 Å². The van der Waals surface area contributed by atoms with E-state index in [1.54, 1.807) is 0 Å². The van der Waals surface area contributed by atoms with Crippen molar-refractivity contribution in [3.05, 3.63) is 108 Å². The van der Waals surface area contributed by atoms with Crippen LogP contribution in [0.5, 0.6) is 5.75 Å². The smallest absolute Gasteiger partial charge is 0.228 e. The molecule has 1 amide bonds. The van der Waals surface area contributed by atoms with E-state index in [1.165, 1.54) is 16.3 Å². The van der Waals surface area contributed by atoms with Gasteiger partial charge in [-0.05, 0) is 41.0 Å². The molecule has 0 N–H and O–H groups in total. The maximum atomic E-state index is 13.4. The molecule has 0 fully saturated rings. The van der Waals surface area contributed by atoms with Crippen molar-refractivity contribution < 1.29 is 9.53 Å². The molecule has 1 unspecified atom stereocenters. The van der Waals surface area contributed by atoms with Crippen LogP contribution in [-0.4, -0.2) is 12.5 Å². The van der Waals surface area contributed by atoms with E-state index in [-0.39, 0.29) is 11.8 Å². The lowest BCUT2D eigenvalue weighted by Gasteiger charge is -2.36. The lowest BCUT2D eigenvalue weighted by atomic mass is 9.80. The average molecular weight is 408 g/mol. The fourth-order valence-electron chi connectivity index (χ4n) is 4.67. The van der Waals surface area contributed by atoms with Gasteiger partial charge in [-0.25, -0.2) is 0 Å². The summed E-state index contributed by atoms with van der Waals surface area (Å²) in [4.78, 5) is 15.4. The minimum Gasteiger partial charge on any atom is -0.494 e. The molecule has 31 heavy (non-hydrogen) atoms. The van der Waals surface area contributed by atoms with Gasteiger partial charge in [0.1, 0.15) is 5.75 Å². The number of rotatable bonds is 5. The Morgan fingerprint density at radius 3 is 2.45 bits per heavy atom.